The van der Waals surface area contributed by atoms with Crippen LogP contribution in [0.1, 0.15) is 35.0 Å². The van der Waals surface area contributed by atoms with Crippen molar-refractivity contribution in [1.82, 2.24) is 15.3 Å². The summed E-state index contributed by atoms with van der Waals surface area (Å²) >= 11 is 7.67. The number of hydrogen-bond acceptors (Lipinski definition) is 6. The maximum Gasteiger partial charge on any atom is 0.251 e. The molecule has 2 aromatic heterocycles. The maximum absolute atomic E-state index is 12.2. The summed E-state index contributed by atoms with van der Waals surface area (Å²) in [5.41, 5.74) is 1.68. The number of halogens is 1. The van der Waals surface area contributed by atoms with Gasteiger partial charge in [0.15, 0.2) is 5.16 Å². The van der Waals surface area contributed by atoms with Crippen LogP contribution in [-0.2, 0) is 12.3 Å². The number of benzene rings is 1. The van der Waals surface area contributed by atoms with E-state index in [9.17, 15) is 4.79 Å². The van der Waals surface area contributed by atoms with Crippen molar-refractivity contribution >= 4 is 35.1 Å². The van der Waals surface area contributed by atoms with E-state index in [0.717, 1.165) is 30.1 Å². The predicted molar refractivity (Wildman–Crippen MR) is 116 cm³/mol. The number of thioether (sulfide) groups is 1. The molecule has 1 aromatic carbocycles. The van der Waals surface area contributed by atoms with Crippen LogP contribution in [0.5, 0.6) is 0 Å². The van der Waals surface area contributed by atoms with Crippen LogP contribution >= 0.6 is 23.4 Å². The lowest BCUT2D eigenvalue weighted by Gasteiger charge is -2.17. The van der Waals surface area contributed by atoms with Crippen LogP contribution in [0.2, 0.25) is 5.15 Å². The number of hydrogen-bond donors (Lipinski definition) is 1. The standard InChI is InChI=1S/C21H23ClN4O2S/c1-3-10-26(2)19-12-18(22)24-21(25-19)29-14-15-6-8-16(9-7-15)20(27)23-13-17-5-4-11-28-17/h4-9,11-12H,3,10,13-14H2,1-2H3,(H,23,27). The zero-order valence-electron chi connectivity index (χ0n) is 16.4. The fourth-order valence-corrected chi connectivity index (χ4v) is 3.72. The van der Waals surface area contributed by atoms with Gasteiger partial charge in [0, 0.05) is 31.0 Å². The highest BCUT2D eigenvalue weighted by Crippen LogP contribution is 2.24. The summed E-state index contributed by atoms with van der Waals surface area (Å²) in [4.78, 5) is 23.2. The molecule has 3 rings (SSSR count). The van der Waals surface area contributed by atoms with E-state index in [-0.39, 0.29) is 5.91 Å². The molecule has 0 atom stereocenters. The Kier molecular flexibility index (Phi) is 7.55. The molecule has 1 N–H and O–H groups in total. The molecule has 3 aromatic rings. The minimum Gasteiger partial charge on any atom is -0.467 e. The minimum absolute atomic E-state index is 0.137. The van der Waals surface area contributed by atoms with Gasteiger partial charge in [-0.1, -0.05) is 42.4 Å². The summed E-state index contributed by atoms with van der Waals surface area (Å²) in [6, 6.07) is 12.9. The van der Waals surface area contributed by atoms with E-state index in [0.29, 0.717) is 28.2 Å². The van der Waals surface area contributed by atoms with Gasteiger partial charge in [-0.2, -0.15) is 0 Å². The molecule has 8 heteroatoms. The highest BCUT2D eigenvalue weighted by atomic mass is 35.5. The van der Waals surface area contributed by atoms with Crippen LogP contribution in [0.15, 0.2) is 58.3 Å². The molecular weight excluding hydrogens is 408 g/mol. The van der Waals surface area contributed by atoms with E-state index in [4.69, 9.17) is 16.0 Å². The van der Waals surface area contributed by atoms with Gasteiger partial charge in [0.05, 0.1) is 12.8 Å². The molecule has 6 nitrogen and oxygen atoms in total. The van der Waals surface area contributed by atoms with Gasteiger partial charge in [0.25, 0.3) is 5.91 Å². The number of amides is 1. The Morgan fingerprint density at radius 3 is 2.72 bits per heavy atom. The largest absolute Gasteiger partial charge is 0.467 e. The zero-order valence-corrected chi connectivity index (χ0v) is 18.0. The average molecular weight is 431 g/mol. The Morgan fingerprint density at radius 2 is 2.03 bits per heavy atom. The van der Waals surface area contributed by atoms with Crippen molar-refractivity contribution in [2.45, 2.75) is 30.8 Å². The van der Waals surface area contributed by atoms with Crippen molar-refractivity contribution in [3.05, 3.63) is 70.8 Å². The number of nitrogens with zero attached hydrogens (tertiary/aromatic N) is 3. The number of aromatic nitrogens is 2. The Hall–Kier alpha value is -2.51. The highest BCUT2D eigenvalue weighted by Gasteiger charge is 2.09. The first kappa shape index (κ1) is 21.2. The van der Waals surface area contributed by atoms with Crippen LogP contribution in [0, 0.1) is 0 Å². The van der Waals surface area contributed by atoms with E-state index >= 15 is 0 Å². The number of rotatable bonds is 9. The summed E-state index contributed by atoms with van der Waals surface area (Å²) in [7, 11) is 1.99. The number of carbonyl (C=O) groups is 1. The van der Waals surface area contributed by atoms with E-state index in [1.807, 2.05) is 37.4 Å². The summed E-state index contributed by atoms with van der Waals surface area (Å²) in [6.07, 6.45) is 2.62. The molecule has 0 bridgehead atoms. The van der Waals surface area contributed by atoms with Crippen LogP contribution in [-0.4, -0.2) is 29.5 Å². The van der Waals surface area contributed by atoms with Gasteiger partial charge in [0.1, 0.15) is 16.7 Å². The van der Waals surface area contributed by atoms with E-state index in [1.165, 1.54) is 11.8 Å². The summed E-state index contributed by atoms with van der Waals surface area (Å²) < 4.78 is 5.22. The van der Waals surface area contributed by atoms with Gasteiger partial charge in [-0.25, -0.2) is 9.97 Å². The van der Waals surface area contributed by atoms with E-state index in [2.05, 4.69) is 27.1 Å². The van der Waals surface area contributed by atoms with Gasteiger partial charge in [-0.05, 0) is 36.2 Å². The van der Waals surface area contributed by atoms with Crippen molar-refractivity contribution in [2.24, 2.45) is 0 Å². The van der Waals surface area contributed by atoms with Gasteiger partial charge in [-0.15, -0.1) is 0 Å². The first-order chi connectivity index (χ1) is 14.0. The molecular formula is C21H23ClN4O2S. The van der Waals surface area contributed by atoms with Gasteiger partial charge in [0.2, 0.25) is 0 Å². The van der Waals surface area contributed by atoms with Gasteiger partial charge in [-0.3, -0.25) is 4.79 Å². The van der Waals surface area contributed by atoms with Crippen LogP contribution < -0.4 is 10.2 Å². The smallest absolute Gasteiger partial charge is 0.251 e. The second-order valence-electron chi connectivity index (χ2n) is 6.50. The summed E-state index contributed by atoms with van der Waals surface area (Å²) in [5.74, 6) is 2.09. The van der Waals surface area contributed by atoms with E-state index in [1.54, 1.807) is 18.4 Å². The third kappa shape index (κ3) is 6.24. The molecule has 0 saturated heterocycles. The van der Waals surface area contributed by atoms with Crippen LogP contribution in [0.3, 0.4) is 0 Å². The van der Waals surface area contributed by atoms with Crippen molar-refractivity contribution in [3.8, 4) is 0 Å². The Bertz CT molecular complexity index is 932. The Labute approximate surface area is 179 Å². The molecule has 0 unspecified atom stereocenters. The third-order valence-electron chi connectivity index (χ3n) is 4.20. The number of anilines is 1. The van der Waals surface area contributed by atoms with Crippen LogP contribution in [0.25, 0.3) is 0 Å². The second kappa shape index (κ2) is 10.3. The SMILES string of the molecule is CCCN(C)c1cc(Cl)nc(SCc2ccc(C(=O)NCc3ccco3)cc2)n1. The molecule has 0 radical (unpaired) electrons. The van der Waals surface area contributed by atoms with Gasteiger partial charge < -0.3 is 14.6 Å². The molecule has 0 saturated carbocycles. The zero-order chi connectivity index (χ0) is 20.6. The fourth-order valence-electron chi connectivity index (χ4n) is 2.68. The molecule has 152 valence electrons. The monoisotopic (exact) mass is 430 g/mol. The van der Waals surface area contributed by atoms with Crippen molar-refractivity contribution in [3.63, 3.8) is 0 Å². The number of nitrogens with one attached hydrogen (secondary N) is 1. The molecule has 0 aliphatic heterocycles. The second-order valence-corrected chi connectivity index (χ2v) is 7.83. The highest BCUT2D eigenvalue weighted by molar-refractivity contribution is 7.98. The molecule has 29 heavy (non-hydrogen) atoms. The summed E-state index contributed by atoms with van der Waals surface area (Å²) in [5, 5.41) is 3.90. The molecule has 0 fully saturated rings. The average Bonchev–Trinajstić information content (AvgIpc) is 3.24. The summed E-state index contributed by atoms with van der Waals surface area (Å²) in [6.45, 7) is 3.39. The lowest BCUT2D eigenvalue weighted by Crippen LogP contribution is -2.22. The lowest BCUT2D eigenvalue weighted by molar-refractivity contribution is 0.0948. The molecule has 0 aliphatic carbocycles. The Morgan fingerprint density at radius 1 is 1.24 bits per heavy atom. The molecule has 2 heterocycles. The lowest BCUT2D eigenvalue weighted by atomic mass is 10.1. The quantitative estimate of drug-likeness (QED) is 0.299. The van der Waals surface area contributed by atoms with E-state index < -0.39 is 0 Å². The minimum atomic E-state index is -0.137. The van der Waals surface area contributed by atoms with Crippen molar-refractivity contribution in [1.29, 1.82) is 0 Å². The number of furan rings is 1. The maximum atomic E-state index is 12.2. The first-order valence-corrected chi connectivity index (χ1v) is 10.7. The molecule has 0 aliphatic rings. The predicted octanol–water partition coefficient (Wildman–Crippen LogP) is 4.79. The third-order valence-corrected chi connectivity index (χ3v) is 5.31. The van der Waals surface area contributed by atoms with Crippen molar-refractivity contribution < 1.29 is 9.21 Å². The topological polar surface area (TPSA) is 71.3 Å². The Balaban J connectivity index is 1.56. The van der Waals surface area contributed by atoms with Crippen LogP contribution in [0.4, 0.5) is 5.82 Å². The van der Waals surface area contributed by atoms with Gasteiger partial charge >= 0.3 is 0 Å². The molecule has 1 amide bonds. The van der Waals surface area contributed by atoms with Crippen molar-refractivity contribution in [2.75, 3.05) is 18.5 Å². The number of carbonyl (C=O) groups excluding carboxylic acids is 1. The normalized spacial score (nSPS) is 10.7. The fraction of sp³-hybridized carbons (Fsp3) is 0.286. The molecule has 0 spiro atoms. The first-order valence-electron chi connectivity index (χ1n) is 9.33.